The molecule has 2 unspecified atom stereocenters. The minimum Gasteiger partial charge on any atom is -0.355 e. The Labute approximate surface area is 148 Å². The van der Waals surface area contributed by atoms with Gasteiger partial charge < -0.3 is 15.5 Å². The predicted octanol–water partition coefficient (Wildman–Crippen LogP) is 3.22. The molecule has 1 rings (SSSR count). The van der Waals surface area contributed by atoms with Crippen LogP contribution in [0.2, 0.25) is 0 Å². The molecule has 126 valence electrons. The van der Waals surface area contributed by atoms with Gasteiger partial charge in [0.05, 0.1) is 0 Å². The van der Waals surface area contributed by atoms with Crippen molar-refractivity contribution in [3.8, 4) is 0 Å². The molecule has 0 aromatic carbocycles. The van der Waals surface area contributed by atoms with Gasteiger partial charge in [0.2, 0.25) is 0 Å². The van der Waals surface area contributed by atoms with E-state index in [1.165, 1.54) is 51.5 Å². The molecule has 0 bridgehead atoms. The number of likely N-dealkylation sites (tertiary alicyclic amines) is 1. The largest absolute Gasteiger partial charge is 0.355 e. The molecule has 1 aliphatic rings. The Kier molecular flexibility index (Phi) is 12.5. The summed E-state index contributed by atoms with van der Waals surface area (Å²) in [7, 11) is 4.07. The molecule has 21 heavy (non-hydrogen) atoms. The molecular weight excluding hydrogens is 375 g/mol. The number of hydrogen-bond acceptors (Lipinski definition) is 2. The van der Waals surface area contributed by atoms with Crippen LogP contribution in [0.1, 0.15) is 58.8 Å². The van der Waals surface area contributed by atoms with Crippen LogP contribution in [0, 0.1) is 0 Å². The Balaban J connectivity index is 0.00000400. The molecule has 2 atom stereocenters. The molecule has 0 spiro atoms. The molecular formula is C16H35IN4. The van der Waals surface area contributed by atoms with E-state index >= 15 is 0 Å². The highest BCUT2D eigenvalue weighted by Gasteiger charge is 2.20. The van der Waals surface area contributed by atoms with Crippen LogP contribution in [0.5, 0.6) is 0 Å². The van der Waals surface area contributed by atoms with Gasteiger partial charge in [0.1, 0.15) is 0 Å². The van der Waals surface area contributed by atoms with Gasteiger partial charge in [-0.05, 0) is 39.8 Å². The zero-order chi connectivity index (χ0) is 14.8. The number of hydrogen-bond donors (Lipinski definition) is 2. The first-order chi connectivity index (χ1) is 9.67. The van der Waals surface area contributed by atoms with Gasteiger partial charge in [-0.2, -0.15) is 0 Å². The van der Waals surface area contributed by atoms with Crippen molar-refractivity contribution in [3.05, 3.63) is 0 Å². The first-order valence-electron chi connectivity index (χ1n) is 8.34. The van der Waals surface area contributed by atoms with E-state index in [1.807, 2.05) is 7.05 Å². The number of unbranched alkanes of at least 4 members (excludes halogenated alkanes) is 3. The molecule has 0 aromatic rings. The molecule has 0 aliphatic carbocycles. The van der Waals surface area contributed by atoms with Crippen molar-refractivity contribution in [1.82, 2.24) is 15.5 Å². The minimum absolute atomic E-state index is 0. The second-order valence-electron chi connectivity index (χ2n) is 6.12. The highest BCUT2D eigenvalue weighted by molar-refractivity contribution is 14.0. The van der Waals surface area contributed by atoms with Crippen LogP contribution in [0.25, 0.3) is 0 Å². The lowest BCUT2D eigenvalue weighted by Gasteiger charge is -2.23. The van der Waals surface area contributed by atoms with Gasteiger partial charge in [0.25, 0.3) is 0 Å². The number of likely N-dealkylation sites (N-methyl/N-ethyl adjacent to an activating group) is 1. The summed E-state index contributed by atoms with van der Waals surface area (Å²) in [6, 6.07) is 1.16. The Hall–Kier alpha value is -0.0400. The maximum absolute atomic E-state index is 4.33. The van der Waals surface area contributed by atoms with Crippen molar-refractivity contribution >= 4 is 29.9 Å². The Bertz CT molecular complexity index is 283. The fourth-order valence-corrected chi connectivity index (χ4v) is 2.83. The number of nitrogens with zero attached hydrogens (tertiary/aromatic N) is 2. The zero-order valence-electron chi connectivity index (χ0n) is 14.3. The van der Waals surface area contributed by atoms with Gasteiger partial charge in [-0.1, -0.05) is 32.6 Å². The van der Waals surface area contributed by atoms with Gasteiger partial charge in [0.15, 0.2) is 5.96 Å². The Morgan fingerprint density at radius 2 is 2.10 bits per heavy atom. The summed E-state index contributed by atoms with van der Waals surface area (Å²) in [5.74, 6) is 0.952. The molecule has 1 heterocycles. The number of guanidine groups is 1. The Morgan fingerprint density at radius 1 is 1.33 bits per heavy atom. The van der Waals surface area contributed by atoms with Crippen molar-refractivity contribution in [2.75, 3.05) is 27.2 Å². The highest BCUT2D eigenvalue weighted by Crippen LogP contribution is 2.13. The molecule has 2 N–H and O–H groups in total. The molecule has 1 aliphatic heterocycles. The van der Waals surface area contributed by atoms with E-state index in [0.29, 0.717) is 12.1 Å². The molecule has 0 amide bonds. The maximum atomic E-state index is 4.33. The third kappa shape index (κ3) is 8.86. The highest BCUT2D eigenvalue weighted by atomic mass is 127. The lowest BCUT2D eigenvalue weighted by molar-refractivity contribution is 0.309. The van der Waals surface area contributed by atoms with Crippen LogP contribution < -0.4 is 10.6 Å². The van der Waals surface area contributed by atoms with E-state index in [-0.39, 0.29) is 24.0 Å². The summed E-state index contributed by atoms with van der Waals surface area (Å²) in [6.45, 7) is 6.74. The molecule has 0 aromatic heterocycles. The average Bonchev–Trinajstić information content (AvgIpc) is 2.85. The number of aliphatic imine (C=N–C) groups is 1. The first-order valence-corrected chi connectivity index (χ1v) is 8.34. The smallest absolute Gasteiger partial charge is 0.191 e. The van der Waals surface area contributed by atoms with E-state index in [2.05, 4.69) is 41.4 Å². The van der Waals surface area contributed by atoms with Crippen LogP contribution in [0.15, 0.2) is 4.99 Å². The van der Waals surface area contributed by atoms with E-state index in [0.717, 1.165) is 12.5 Å². The molecule has 0 saturated carbocycles. The predicted molar refractivity (Wildman–Crippen MR) is 104 cm³/mol. The molecule has 1 fully saturated rings. The van der Waals surface area contributed by atoms with Crippen LogP contribution in [0.3, 0.4) is 0 Å². The van der Waals surface area contributed by atoms with Crippen molar-refractivity contribution in [2.45, 2.75) is 70.9 Å². The summed E-state index contributed by atoms with van der Waals surface area (Å²) in [5.41, 5.74) is 0. The minimum atomic E-state index is 0. The summed E-state index contributed by atoms with van der Waals surface area (Å²) >= 11 is 0. The summed E-state index contributed by atoms with van der Waals surface area (Å²) in [5, 5.41) is 6.97. The van der Waals surface area contributed by atoms with Crippen molar-refractivity contribution in [2.24, 2.45) is 4.99 Å². The number of rotatable bonds is 8. The lowest BCUT2D eigenvalue weighted by atomic mass is 10.1. The number of nitrogens with one attached hydrogen (secondary N) is 2. The molecule has 0 radical (unpaired) electrons. The molecule has 4 nitrogen and oxygen atoms in total. The summed E-state index contributed by atoms with van der Waals surface area (Å²) in [4.78, 5) is 6.77. The fraction of sp³-hybridized carbons (Fsp3) is 0.938. The van der Waals surface area contributed by atoms with Gasteiger partial charge in [0, 0.05) is 25.7 Å². The second kappa shape index (κ2) is 12.5. The van der Waals surface area contributed by atoms with Gasteiger partial charge in [-0.25, -0.2) is 0 Å². The Morgan fingerprint density at radius 3 is 2.67 bits per heavy atom. The van der Waals surface area contributed by atoms with Gasteiger partial charge >= 0.3 is 0 Å². The maximum Gasteiger partial charge on any atom is 0.191 e. The van der Waals surface area contributed by atoms with Crippen molar-refractivity contribution in [3.63, 3.8) is 0 Å². The fourth-order valence-electron chi connectivity index (χ4n) is 2.83. The monoisotopic (exact) mass is 410 g/mol. The van der Waals surface area contributed by atoms with Crippen LogP contribution in [0.4, 0.5) is 0 Å². The van der Waals surface area contributed by atoms with E-state index in [1.54, 1.807) is 0 Å². The normalized spacial score (nSPS) is 21.0. The third-order valence-electron chi connectivity index (χ3n) is 4.27. The topological polar surface area (TPSA) is 39.7 Å². The zero-order valence-corrected chi connectivity index (χ0v) is 16.7. The summed E-state index contributed by atoms with van der Waals surface area (Å²) in [6.07, 6.45) is 9.17. The second-order valence-corrected chi connectivity index (χ2v) is 6.12. The first kappa shape index (κ1) is 21.0. The van der Waals surface area contributed by atoms with Crippen LogP contribution in [-0.2, 0) is 0 Å². The van der Waals surface area contributed by atoms with Crippen LogP contribution in [-0.4, -0.2) is 50.1 Å². The average molecular weight is 410 g/mol. The van der Waals surface area contributed by atoms with E-state index in [9.17, 15) is 0 Å². The van der Waals surface area contributed by atoms with Crippen molar-refractivity contribution < 1.29 is 0 Å². The lowest BCUT2D eigenvalue weighted by Crippen LogP contribution is -2.46. The van der Waals surface area contributed by atoms with Gasteiger partial charge in [-0.3, -0.25) is 4.99 Å². The SMILES string of the molecule is CCCCCCC(C)NC(=NC)NCC1CCCN1C.I. The van der Waals surface area contributed by atoms with E-state index < -0.39 is 0 Å². The molecule has 5 heteroatoms. The van der Waals surface area contributed by atoms with Crippen LogP contribution >= 0.6 is 24.0 Å². The van der Waals surface area contributed by atoms with E-state index in [4.69, 9.17) is 0 Å². The van der Waals surface area contributed by atoms with Gasteiger partial charge in [-0.15, -0.1) is 24.0 Å². The quantitative estimate of drug-likeness (QED) is 0.279. The molecule has 1 saturated heterocycles. The van der Waals surface area contributed by atoms with Crippen molar-refractivity contribution in [1.29, 1.82) is 0 Å². The standard InChI is InChI=1S/C16H34N4.HI/c1-5-6-7-8-10-14(2)19-16(17-3)18-13-15-11-9-12-20(15)4;/h14-15H,5-13H2,1-4H3,(H2,17,18,19);1H. The summed E-state index contributed by atoms with van der Waals surface area (Å²) < 4.78 is 0. The number of halogens is 1. The third-order valence-corrected chi connectivity index (χ3v) is 4.27.